The zero-order valence-electron chi connectivity index (χ0n) is 10.8. The molecule has 1 aliphatic rings. The summed E-state index contributed by atoms with van der Waals surface area (Å²) in [5, 5.41) is 0.783. The SMILES string of the molecule is CCC1CCCCC1C(N)c1cccc(Br)c1Cl. The van der Waals surface area contributed by atoms with E-state index in [4.69, 9.17) is 17.3 Å². The minimum absolute atomic E-state index is 0.0697. The number of nitrogens with two attached hydrogens (primary N) is 1. The van der Waals surface area contributed by atoms with Crippen LogP contribution in [0.4, 0.5) is 0 Å². The lowest BCUT2D eigenvalue weighted by atomic mass is 9.72. The number of benzene rings is 1. The van der Waals surface area contributed by atoms with Gasteiger partial charge in [0.2, 0.25) is 0 Å². The van der Waals surface area contributed by atoms with Gasteiger partial charge in [0.1, 0.15) is 0 Å². The molecule has 0 saturated heterocycles. The number of hydrogen-bond donors (Lipinski definition) is 1. The van der Waals surface area contributed by atoms with Crippen LogP contribution in [0.2, 0.25) is 5.02 Å². The van der Waals surface area contributed by atoms with Crippen molar-refractivity contribution in [3.63, 3.8) is 0 Å². The van der Waals surface area contributed by atoms with Crippen LogP contribution in [0.15, 0.2) is 22.7 Å². The first kappa shape index (κ1) is 14.4. The van der Waals surface area contributed by atoms with Gasteiger partial charge in [-0.3, -0.25) is 0 Å². The zero-order chi connectivity index (χ0) is 13.1. The van der Waals surface area contributed by atoms with E-state index < -0.39 is 0 Å². The average Bonchev–Trinajstić information content (AvgIpc) is 2.41. The zero-order valence-corrected chi connectivity index (χ0v) is 13.2. The molecule has 3 unspecified atom stereocenters. The molecule has 1 fully saturated rings. The van der Waals surface area contributed by atoms with Crippen molar-refractivity contribution >= 4 is 27.5 Å². The molecular formula is C15H21BrClN. The van der Waals surface area contributed by atoms with Crippen LogP contribution < -0.4 is 5.73 Å². The maximum Gasteiger partial charge on any atom is 0.0595 e. The normalized spacial score (nSPS) is 26.0. The van der Waals surface area contributed by atoms with Crippen LogP contribution >= 0.6 is 27.5 Å². The molecule has 1 aromatic rings. The van der Waals surface area contributed by atoms with Crippen LogP contribution in [0.3, 0.4) is 0 Å². The molecule has 0 amide bonds. The van der Waals surface area contributed by atoms with E-state index in [1.54, 1.807) is 0 Å². The molecule has 0 spiro atoms. The van der Waals surface area contributed by atoms with Gasteiger partial charge in [0, 0.05) is 10.5 Å². The van der Waals surface area contributed by atoms with E-state index in [0.717, 1.165) is 21.0 Å². The summed E-state index contributed by atoms with van der Waals surface area (Å²) in [7, 11) is 0. The average molecular weight is 331 g/mol. The second-order valence-corrected chi connectivity index (χ2v) is 6.52. The van der Waals surface area contributed by atoms with Crippen molar-refractivity contribution in [1.29, 1.82) is 0 Å². The van der Waals surface area contributed by atoms with Crippen molar-refractivity contribution in [3.05, 3.63) is 33.3 Å². The van der Waals surface area contributed by atoms with Gasteiger partial charge in [-0.1, -0.05) is 56.3 Å². The van der Waals surface area contributed by atoms with E-state index in [1.807, 2.05) is 12.1 Å². The molecule has 3 atom stereocenters. The topological polar surface area (TPSA) is 26.0 Å². The molecular weight excluding hydrogens is 310 g/mol. The van der Waals surface area contributed by atoms with Gasteiger partial charge in [-0.05, 0) is 45.8 Å². The van der Waals surface area contributed by atoms with Crippen molar-refractivity contribution < 1.29 is 0 Å². The van der Waals surface area contributed by atoms with Gasteiger partial charge in [0.25, 0.3) is 0 Å². The van der Waals surface area contributed by atoms with Crippen LogP contribution in [0.1, 0.15) is 50.6 Å². The molecule has 0 heterocycles. The highest BCUT2D eigenvalue weighted by atomic mass is 79.9. The summed E-state index contributed by atoms with van der Waals surface area (Å²) in [6.45, 7) is 2.28. The fraction of sp³-hybridized carbons (Fsp3) is 0.600. The number of rotatable bonds is 3. The summed E-state index contributed by atoms with van der Waals surface area (Å²) in [6.07, 6.45) is 6.45. The predicted octanol–water partition coefficient (Wildman–Crippen LogP) is 5.32. The Morgan fingerprint density at radius 2 is 2.11 bits per heavy atom. The molecule has 0 aliphatic heterocycles. The van der Waals surface area contributed by atoms with Gasteiger partial charge in [0.05, 0.1) is 5.02 Å². The summed E-state index contributed by atoms with van der Waals surface area (Å²) in [5.74, 6) is 1.33. The lowest BCUT2D eigenvalue weighted by Crippen LogP contribution is -2.30. The molecule has 2 rings (SSSR count). The van der Waals surface area contributed by atoms with Crippen LogP contribution in [-0.2, 0) is 0 Å². The summed E-state index contributed by atoms with van der Waals surface area (Å²) in [6, 6.07) is 6.13. The van der Waals surface area contributed by atoms with Gasteiger partial charge in [-0.15, -0.1) is 0 Å². The minimum atomic E-state index is 0.0697. The fourth-order valence-corrected chi connectivity index (χ4v) is 3.86. The van der Waals surface area contributed by atoms with Crippen molar-refractivity contribution in [1.82, 2.24) is 0 Å². The van der Waals surface area contributed by atoms with Crippen LogP contribution in [-0.4, -0.2) is 0 Å². The molecule has 18 heavy (non-hydrogen) atoms. The Morgan fingerprint density at radius 3 is 2.83 bits per heavy atom. The summed E-state index contributed by atoms with van der Waals surface area (Å²) < 4.78 is 0.945. The van der Waals surface area contributed by atoms with E-state index in [1.165, 1.54) is 32.1 Å². The lowest BCUT2D eigenvalue weighted by Gasteiger charge is -2.35. The second-order valence-electron chi connectivity index (χ2n) is 5.29. The highest BCUT2D eigenvalue weighted by Gasteiger charge is 2.30. The lowest BCUT2D eigenvalue weighted by molar-refractivity contribution is 0.196. The molecule has 1 nitrogen and oxygen atoms in total. The molecule has 0 radical (unpaired) electrons. The molecule has 0 bridgehead atoms. The molecule has 0 aromatic heterocycles. The first-order chi connectivity index (χ1) is 8.65. The Morgan fingerprint density at radius 1 is 1.39 bits per heavy atom. The van der Waals surface area contributed by atoms with Crippen molar-refractivity contribution in [2.45, 2.75) is 45.1 Å². The molecule has 2 N–H and O–H groups in total. The quantitative estimate of drug-likeness (QED) is 0.797. The highest BCUT2D eigenvalue weighted by molar-refractivity contribution is 9.10. The van der Waals surface area contributed by atoms with Gasteiger partial charge in [0.15, 0.2) is 0 Å². The third kappa shape index (κ3) is 2.92. The summed E-state index contributed by atoms with van der Waals surface area (Å²) in [4.78, 5) is 0. The molecule has 1 aromatic carbocycles. The predicted molar refractivity (Wildman–Crippen MR) is 81.8 cm³/mol. The first-order valence-corrected chi connectivity index (χ1v) is 8.01. The van der Waals surface area contributed by atoms with Gasteiger partial charge in [-0.25, -0.2) is 0 Å². The van der Waals surface area contributed by atoms with E-state index in [-0.39, 0.29) is 6.04 Å². The number of hydrogen-bond acceptors (Lipinski definition) is 1. The van der Waals surface area contributed by atoms with E-state index in [9.17, 15) is 0 Å². The first-order valence-electron chi connectivity index (χ1n) is 6.84. The van der Waals surface area contributed by atoms with E-state index in [2.05, 4.69) is 28.9 Å². The monoisotopic (exact) mass is 329 g/mol. The van der Waals surface area contributed by atoms with Gasteiger partial charge < -0.3 is 5.73 Å². The smallest absolute Gasteiger partial charge is 0.0595 e. The minimum Gasteiger partial charge on any atom is -0.324 e. The Hall–Kier alpha value is -0.0500. The van der Waals surface area contributed by atoms with Crippen LogP contribution in [0.25, 0.3) is 0 Å². The third-order valence-electron chi connectivity index (χ3n) is 4.29. The van der Waals surface area contributed by atoms with E-state index in [0.29, 0.717) is 5.92 Å². The molecule has 3 heteroatoms. The largest absolute Gasteiger partial charge is 0.324 e. The third-order valence-corrected chi connectivity index (χ3v) is 5.61. The molecule has 100 valence electrons. The van der Waals surface area contributed by atoms with Crippen molar-refractivity contribution in [2.24, 2.45) is 17.6 Å². The Labute approximate surface area is 123 Å². The van der Waals surface area contributed by atoms with Crippen molar-refractivity contribution in [2.75, 3.05) is 0 Å². The van der Waals surface area contributed by atoms with Gasteiger partial charge >= 0.3 is 0 Å². The Balaban J connectivity index is 2.23. The maximum atomic E-state index is 6.50. The van der Waals surface area contributed by atoms with Gasteiger partial charge in [-0.2, -0.15) is 0 Å². The summed E-state index contributed by atoms with van der Waals surface area (Å²) in [5.41, 5.74) is 7.59. The number of halogens is 2. The maximum absolute atomic E-state index is 6.50. The van der Waals surface area contributed by atoms with E-state index >= 15 is 0 Å². The van der Waals surface area contributed by atoms with Crippen molar-refractivity contribution in [3.8, 4) is 0 Å². The fourth-order valence-electron chi connectivity index (χ4n) is 3.22. The van der Waals surface area contributed by atoms with Crippen LogP contribution in [0, 0.1) is 11.8 Å². The summed E-state index contributed by atoms with van der Waals surface area (Å²) >= 11 is 9.85. The standard InChI is InChI=1S/C15H21BrClN/c1-2-10-6-3-4-7-11(10)15(18)12-8-5-9-13(16)14(12)17/h5,8-11,15H,2-4,6-7,18H2,1H3. The Kier molecular flexibility index (Phi) is 5.11. The van der Waals surface area contributed by atoms with Crippen LogP contribution in [0.5, 0.6) is 0 Å². The second kappa shape index (κ2) is 6.40. The molecule has 1 aliphatic carbocycles. The Bertz CT molecular complexity index is 407. The molecule has 1 saturated carbocycles. The highest BCUT2D eigenvalue weighted by Crippen LogP contribution is 2.41.